The number of hydrogen-bond acceptors (Lipinski definition) is 5. The van der Waals surface area contributed by atoms with Crippen molar-refractivity contribution in [3.63, 3.8) is 0 Å². The maximum atomic E-state index is 4.36. The monoisotopic (exact) mass is 231 g/mol. The smallest absolute Gasteiger partial charge is 0.195 e. The number of nitrogens with zero attached hydrogens (tertiary/aromatic N) is 1. The number of aliphatic imine (C=N–C) groups is 1. The van der Waals surface area contributed by atoms with Crippen LogP contribution in [-0.2, 0) is 13.0 Å². The van der Waals surface area contributed by atoms with E-state index >= 15 is 0 Å². The number of fused-ring (bicyclic) bond motifs is 1. The highest BCUT2D eigenvalue weighted by Gasteiger charge is 2.17. The minimum Gasteiger partial charge on any atom is -0.354 e. The summed E-state index contributed by atoms with van der Waals surface area (Å²) in [7, 11) is 0. The van der Waals surface area contributed by atoms with Crippen LogP contribution in [0.25, 0.3) is 0 Å². The molecule has 0 saturated carbocycles. The Morgan fingerprint density at radius 3 is 3.12 bits per heavy atom. The second kappa shape index (κ2) is 4.25. The Labute approximate surface area is 101 Å². The summed E-state index contributed by atoms with van der Waals surface area (Å²) in [4.78, 5) is 4.36. The summed E-state index contributed by atoms with van der Waals surface area (Å²) >= 11 is 0. The standard InChI is InChI=1S/C12H17N5/c1-2-9-10(16-12-13-5-6-14-12)4-3-8-7-15-17-11(8)9/h3-4,15,17H,2,5-7H2,1H3,(H2,13,14,16). The van der Waals surface area contributed by atoms with Gasteiger partial charge in [0.2, 0.25) is 0 Å². The quantitative estimate of drug-likeness (QED) is 0.614. The van der Waals surface area contributed by atoms with Crippen molar-refractivity contribution in [2.24, 2.45) is 4.99 Å². The molecule has 0 spiro atoms. The summed E-state index contributed by atoms with van der Waals surface area (Å²) in [6.07, 6.45) is 0.994. The molecule has 0 saturated heterocycles. The zero-order valence-electron chi connectivity index (χ0n) is 9.93. The summed E-state index contributed by atoms with van der Waals surface area (Å²) in [5.41, 5.74) is 11.4. The number of hydrogen-bond donors (Lipinski definition) is 4. The Morgan fingerprint density at radius 2 is 2.35 bits per heavy atom. The van der Waals surface area contributed by atoms with Gasteiger partial charge in [-0.3, -0.25) is 4.99 Å². The molecule has 2 aliphatic rings. The topological polar surface area (TPSA) is 60.5 Å². The van der Waals surface area contributed by atoms with Gasteiger partial charge in [-0.15, -0.1) is 0 Å². The fourth-order valence-electron chi connectivity index (χ4n) is 2.32. The third kappa shape index (κ3) is 1.82. The van der Waals surface area contributed by atoms with Crippen molar-refractivity contribution >= 4 is 17.3 Å². The minimum absolute atomic E-state index is 0.856. The summed E-state index contributed by atoms with van der Waals surface area (Å²) < 4.78 is 0. The summed E-state index contributed by atoms with van der Waals surface area (Å²) in [6, 6.07) is 4.29. The van der Waals surface area contributed by atoms with Crippen LogP contribution in [0.5, 0.6) is 0 Å². The van der Waals surface area contributed by atoms with E-state index in [0.717, 1.165) is 37.7 Å². The van der Waals surface area contributed by atoms with Crippen LogP contribution in [0.15, 0.2) is 17.1 Å². The molecule has 3 rings (SSSR count). The van der Waals surface area contributed by atoms with Crippen LogP contribution < -0.4 is 21.5 Å². The van der Waals surface area contributed by atoms with Crippen LogP contribution in [0, 0.1) is 0 Å². The van der Waals surface area contributed by atoms with Crippen molar-refractivity contribution in [1.29, 1.82) is 0 Å². The zero-order valence-corrected chi connectivity index (χ0v) is 9.93. The van der Waals surface area contributed by atoms with Gasteiger partial charge in [-0.25, -0.2) is 5.43 Å². The first-order valence-corrected chi connectivity index (χ1v) is 6.07. The van der Waals surface area contributed by atoms with Crippen molar-refractivity contribution in [3.8, 4) is 0 Å². The minimum atomic E-state index is 0.856. The first-order chi connectivity index (χ1) is 8.38. The van der Waals surface area contributed by atoms with Gasteiger partial charge in [-0.05, 0) is 18.1 Å². The maximum Gasteiger partial charge on any atom is 0.195 e. The summed E-state index contributed by atoms with van der Waals surface area (Å²) in [5, 5.41) is 6.59. The SMILES string of the molecule is CCc1c(NC2=NCCN2)ccc2c1NNC2. The van der Waals surface area contributed by atoms with Crippen LogP contribution in [0.2, 0.25) is 0 Å². The Balaban J connectivity index is 1.93. The first-order valence-electron chi connectivity index (χ1n) is 6.07. The first kappa shape index (κ1) is 10.4. The van der Waals surface area contributed by atoms with E-state index in [2.05, 4.69) is 45.5 Å². The highest BCUT2D eigenvalue weighted by atomic mass is 15.4. The fourth-order valence-corrected chi connectivity index (χ4v) is 2.32. The Bertz CT molecular complexity index is 466. The lowest BCUT2D eigenvalue weighted by Crippen LogP contribution is -2.26. The molecule has 90 valence electrons. The lowest BCUT2D eigenvalue weighted by atomic mass is 10.0. The van der Waals surface area contributed by atoms with Crippen LogP contribution in [-0.4, -0.2) is 19.0 Å². The lowest BCUT2D eigenvalue weighted by molar-refractivity contribution is 0.859. The molecule has 0 atom stereocenters. The molecule has 0 aliphatic carbocycles. The Kier molecular flexibility index (Phi) is 2.60. The van der Waals surface area contributed by atoms with E-state index in [1.807, 2.05) is 0 Å². The van der Waals surface area contributed by atoms with E-state index in [1.54, 1.807) is 0 Å². The number of nitrogens with one attached hydrogen (secondary N) is 4. The molecule has 1 aromatic rings. The van der Waals surface area contributed by atoms with Gasteiger partial charge in [0.1, 0.15) is 0 Å². The molecule has 2 aliphatic heterocycles. The number of benzene rings is 1. The van der Waals surface area contributed by atoms with Gasteiger partial charge >= 0.3 is 0 Å². The van der Waals surface area contributed by atoms with Crippen LogP contribution in [0.3, 0.4) is 0 Å². The van der Waals surface area contributed by atoms with E-state index in [-0.39, 0.29) is 0 Å². The van der Waals surface area contributed by atoms with Gasteiger partial charge in [-0.2, -0.15) is 0 Å². The molecule has 2 heterocycles. The average molecular weight is 231 g/mol. The third-order valence-corrected chi connectivity index (χ3v) is 3.17. The molecule has 0 aromatic heterocycles. The molecule has 0 fully saturated rings. The second-order valence-corrected chi connectivity index (χ2v) is 4.24. The largest absolute Gasteiger partial charge is 0.354 e. The summed E-state index contributed by atoms with van der Waals surface area (Å²) in [6.45, 7) is 4.84. The molecular weight excluding hydrogens is 214 g/mol. The van der Waals surface area contributed by atoms with E-state index in [1.165, 1.54) is 16.8 Å². The van der Waals surface area contributed by atoms with Crippen molar-refractivity contribution in [3.05, 3.63) is 23.3 Å². The zero-order chi connectivity index (χ0) is 11.7. The number of anilines is 2. The normalized spacial score (nSPS) is 17.1. The predicted molar refractivity (Wildman–Crippen MR) is 70.2 cm³/mol. The summed E-state index contributed by atoms with van der Waals surface area (Å²) in [5.74, 6) is 0.880. The van der Waals surface area contributed by atoms with Gasteiger partial charge < -0.3 is 16.1 Å². The van der Waals surface area contributed by atoms with Crippen molar-refractivity contribution < 1.29 is 0 Å². The average Bonchev–Trinajstić information content (AvgIpc) is 2.98. The van der Waals surface area contributed by atoms with Crippen LogP contribution in [0.1, 0.15) is 18.1 Å². The number of rotatable bonds is 2. The van der Waals surface area contributed by atoms with E-state index < -0.39 is 0 Å². The molecule has 1 aromatic carbocycles. The molecule has 0 amide bonds. The molecule has 4 N–H and O–H groups in total. The predicted octanol–water partition coefficient (Wildman–Crippen LogP) is 1.05. The highest BCUT2D eigenvalue weighted by molar-refractivity contribution is 5.96. The Hall–Kier alpha value is -1.75. The van der Waals surface area contributed by atoms with Crippen LogP contribution in [0.4, 0.5) is 11.4 Å². The van der Waals surface area contributed by atoms with Crippen molar-refractivity contribution in [1.82, 2.24) is 10.7 Å². The second-order valence-electron chi connectivity index (χ2n) is 4.24. The van der Waals surface area contributed by atoms with Gasteiger partial charge in [0.05, 0.1) is 12.2 Å². The molecule has 5 nitrogen and oxygen atoms in total. The van der Waals surface area contributed by atoms with Gasteiger partial charge in [0, 0.05) is 24.3 Å². The van der Waals surface area contributed by atoms with Gasteiger partial charge in [0.25, 0.3) is 0 Å². The molecule has 0 radical (unpaired) electrons. The number of hydrazine groups is 1. The third-order valence-electron chi connectivity index (χ3n) is 3.17. The van der Waals surface area contributed by atoms with Gasteiger partial charge in [-0.1, -0.05) is 13.0 Å². The maximum absolute atomic E-state index is 4.36. The molecule has 5 heteroatoms. The van der Waals surface area contributed by atoms with E-state index in [9.17, 15) is 0 Å². The Morgan fingerprint density at radius 1 is 1.41 bits per heavy atom. The lowest BCUT2D eigenvalue weighted by Gasteiger charge is -2.14. The highest BCUT2D eigenvalue weighted by Crippen LogP contribution is 2.31. The molecule has 17 heavy (non-hydrogen) atoms. The number of guanidine groups is 1. The fraction of sp³-hybridized carbons (Fsp3) is 0.417. The molecular formula is C12H17N5. The molecule has 0 bridgehead atoms. The molecule has 0 unspecified atom stereocenters. The van der Waals surface area contributed by atoms with Crippen molar-refractivity contribution in [2.45, 2.75) is 19.9 Å². The van der Waals surface area contributed by atoms with Gasteiger partial charge in [0.15, 0.2) is 5.96 Å². The van der Waals surface area contributed by atoms with E-state index in [0.29, 0.717) is 0 Å². The van der Waals surface area contributed by atoms with Crippen molar-refractivity contribution in [2.75, 3.05) is 23.8 Å². The van der Waals surface area contributed by atoms with E-state index in [4.69, 9.17) is 0 Å². The van der Waals surface area contributed by atoms with Crippen LogP contribution >= 0.6 is 0 Å².